The summed E-state index contributed by atoms with van der Waals surface area (Å²) < 4.78 is 0. The molecule has 0 aromatic heterocycles. The minimum absolute atomic E-state index is 0.0940. The molecule has 126 valence electrons. The Balaban J connectivity index is 2.87. The van der Waals surface area contributed by atoms with E-state index in [0.717, 1.165) is 29.6 Å². The first-order chi connectivity index (χ1) is 10.6. The second-order valence-electron chi connectivity index (χ2n) is 6.93. The summed E-state index contributed by atoms with van der Waals surface area (Å²) in [5, 5.41) is 10.1. The van der Waals surface area contributed by atoms with Crippen LogP contribution in [-0.4, -0.2) is 17.1 Å². The normalized spacial score (nSPS) is 23.1. The average molecular weight is 315 g/mol. The highest BCUT2D eigenvalue weighted by Gasteiger charge is 2.30. The van der Waals surface area contributed by atoms with E-state index in [1.54, 1.807) is 0 Å². The predicted octanol–water partition coefficient (Wildman–Crippen LogP) is 3.97. The van der Waals surface area contributed by atoms with Crippen LogP contribution in [0, 0.1) is 5.41 Å². The molecule has 0 bridgehead atoms. The lowest BCUT2D eigenvalue weighted by molar-refractivity contribution is -0.113. The lowest BCUT2D eigenvalue weighted by Gasteiger charge is -2.35. The van der Waals surface area contributed by atoms with E-state index in [1.807, 2.05) is 39.0 Å². The fourth-order valence-electron chi connectivity index (χ4n) is 2.81. The van der Waals surface area contributed by atoms with E-state index in [1.165, 1.54) is 11.6 Å². The first-order valence-electron chi connectivity index (χ1n) is 8.03. The van der Waals surface area contributed by atoms with Gasteiger partial charge in [0.2, 0.25) is 5.91 Å². The van der Waals surface area contributed by atoms with Crippen molar-refractivity contribution in [3.63, 3.8) is 0 Å². The summed E-state index contributed by atoms with van der Waals surface area (Å²) in [4.78, 5) is 10.8. The molecule has 23 heavy (non-hydrogen) atoms. The van der Waals surface area contributed by atoms with Gasteiger partial charge in [0.05, 0.1) is 6.10 Å². The third-order valence-corrected chi connectivity index (χ3v) is 4.30. The summed E-state index contributed by atoms with van der Waals surface area (Å²) in [5.74, 6) is -0.437. The van der Waals surface area contributed by atoms with Crippen LogP contribution in [0.25, 0.3) is 0 Å². The maximum Gasteiger partial charge on any atom is 0.241 e. The molecule has 1 aliphatic rings. The Morgan fingerprint density at radius 3 is 2.52 bits per heavy atom. The number of aliphatic hydroxyl groups is 1. The third kappa shape index (κ3) is 6.03. The summed E-state index contributed by atoms with van der Waals surface area (Å²) >= 11 is 0. The van der Waals surface area contributed by atoms with Gasteiger partial charge in [-0.25, -0.2) is 0 Å². The highest BCUT2D eigenvalue weighted by atomic mass is 16.3. The van der Waals surface area contributed by atoms with Gasteiger partial charge in [-0.15, -0.1) is 0 Å². The van der Waals surface area contributed by atoms with Crippen molar-refractivity contribution in [3.05, 3.63) is 58.7 Å². The maximum atomic E-state index is 10.8. The second-order valence-corrected chi connectivity index (χ2v) is 6.93. The van der Waals surface area contributed by atoms with Gasteiger partial charge in [0.1, 0.15) is 0 Å². The molecule has 1 atom stereocenters. The number of rotatable bonds is 5. The molecule has 1 unspecified atom stereocenters. The zero-order valence-electron chi connectivity index (χ0n) is 14.9. The molecule has 1 aliphatic carbocycles. The van der Waals surface area contributed by atoms with Crippen LogP contribution in [0.3, 0.4) is 0 Å². The van der Waals surface area contributed by atoms with Crippen molar-refractivity contribution < 1.29 is 9.90 Å². The molecule has 0 aliphatic heterocycles. The summed E-state index contributed by atoms with van der Waals surface area (Å²) in [6.07, 6.45) is 12.8. The van der Waals surface area contributed by atoms with Crippen molar-refractivity contribution >= 4 is 5.91 Å². The Bertz CT molecular complexity index is 601. The molecule has 0 radical (unpaired) electrons. The average Bonchev–Trinajstić information content (AvgIpc) is 2.42. The van der Waals surface area contributed by atoms with E-state index in [4.69, 9.17) is 5.73 Å². The van der Waals surface area contributed by atoms with E-state index < -0.39 is 5.91 Å². The second kappa shape index (κ2) is 8.11. The van der Waals surface area contributed by atoms with Crippen LogP contribution in [-0.2, 0) is 4.79 Å². The summed E-state index contributed by atoms with van der Waals surface area (Å²) in [6.45, 7) is 10.3. The highest BCUT2D eigenvalue weighted by molar-refractivity contribution is 5.86. The molecule has 0 spiro atoms. The van der Waals surface area contributed by atoms with E-state index in [0.29, 0.717) is 0 Å². The standard InChI is InChI=1S/C20H29NO2/c1-14(7-6-8-15(2)13-19(21)23)9-10-17-16(3)18(22)11-12-20(17,4)5/h6-10,13,18,22H,11-12H2,1-5H3,(H2,21,23)/b8-6+,10-9+,14-7+,15-13+. The first-order valence-corrected chi connectivity index (χ1v) is 8.03. The molecule has 0 saturated carbocycles. The van der Waals surface area contributed by atoms with Gasteiger partial charge in [0.25, 0.3) is 0 Å². The highest BCUT2D eigenvalue weighted by Crippen LogP contribution is 2.40. The number of hydrogen-bond acceptors (Lipinski definition) is 2. The van der Waals surface area contributed by atoms with Crippen molar-refractivity contribution in [2.45, 2.75) is 53.6 Å². The number of nitrogens with two attached hydrogens (primary N) is 1. The van der Waals surface area contributed by atoms with E-state index in [2.05, 4.69) is 26.0 Å². The predicted molar refractivity (Wildman–Crippen MR) is 96.7 cm³/mol. The first kappa shape index (κ1) is 19.2. The number of carbonyl (C=O) groups is 1. The van der Waals surface area contributed by atoms with Crippen LogP contribution >= 0.6 is 0 Å². The lowest BCUT2D eigenvalue weighted by Crippen LogP contribution is -2.27. The molecular formula is C20H29NO2. The van der Waals surface area contributed by atoms with Crippen LogP contribution in [0.15, 0.2) is 58.7 Å². The number of primary amides is 1. The molecular weight excluding hydrogens is 286 g/mol. The molecule has 3 N–H and O–H groups in total. The van der Waals surface area contributed by atoms with Gasteiger partial charge >= 0.3 is 0 Å². The Hall–Kier alpha value is -1.87. The van der Waals surface area contributed by atoms with Crippen molar-refractivity contribution in [1.82, 2.24) is 0 Å². The summed E-state index contributed by atoms with van der Waals surface area (Å²) in [5.41, 5.74) is 9.41. The van der Waals surface area contributed by atoms with Gasteiger partial charge in [0.15, 0.2) is 0 Å². The zero-order chi connectivity index (χ0) is 17.6. The van der Waals surface area contributed by atoms with Crippen molar-refractivity contribution in [2.24, 2.45) is 11.1 Å². The Labute approximate surface area is 140 Å². The van der Waals surface area contributed by atoms with Gasteiger partial charge in [0, 0.05) is 6.08 Å². The molecule has 0 saturated heterocycles. The zero-order valence-corrected chi connectivity index (χ0v) is 14.9. The largest absolute Gasteiger partial charge is 0.389 e. The Morgan fingerprint density at radius 2 is 1.91 bits per heavy atom. The van der Waals surface area contributed by atoms with Gasteiger partial charge < -0.3 is 10.8 Å². The molecule has 3 nitrogen and oxygen atoms in total. The molecule has 1 rings (SSSR count). The van der Waals surface area contributed by atoms with Gasteiger partial charge in [-0.2, -0.15) is 0 Å². The summed E-state index contributed by atoms with van der Waals surface area (Å²) in [7, 11) is 0. The number of allylic oxidation sites excluding steroid dienone is 8. The fraction of sp³-hybridized carbons (Fsp3) is 0.450. The SMILES string of the molecule is CC1=C(/C=C/C(C)=C/C=C/C(C)=C/C(N)=O)C(C)(C)CCC1O. The smallest absolute Gasteiger partial charge is 0.241 e. The van der Waals surface area contributed by atoms with Crippen LogP contribution < -0.4 is 5.73 Å². The number of aliphatic hydroxyl groups excluding tert-OH is 1. The quantitative estimate of drug-likeness (QED) is 0.595. The molecule has 0 fully saturated rings. The molecule has 3 heteroatoms. The molecule has 0 aromatic rings. The monoisotopic (exact) mass is 315 g/mol. The molecule has 0 heterocycles. The van der Waals surface area contributed by atoms with E-state index >= 15 is 0 Å². The Kier molecular flexibility index (Phi) is 6.77. The van der Waals surface area contributed by atoms with Crippen LogP contribution in [0.4, 0.5) is 0 Å². The van der Waals surface area contributed by atoms with Crippen molar-refractivity contribution in [3.8, 4) is 0 Å². The van der Waals surface area contributed by atoms with E-state index in [-0.39, 0.29) is 11.5 Å². The van der Waals surface area contributed by atoms with Crippen LogP contribution in [0.2, 0.25) is 0 Å². The topological polar surface area (TPSA) is 63.3 Å². The fourth-order valence-corrected chi connectivity index (χ4v) is 2.81. The third-order valence-electron chi connectivity index (χ3n) is 4.30. The number of hydrogen-bond donors (Lipinski definition) is 2. The van der Waals surface area contributed by atoms with Crippen molar-refractivity contribution in [1.29, 1.82) is 0 Å². The molecule has 0 aromatic carbocycles. The minimum Gasteiger partial charge on any atom is -0.389 e. The van der Waals surface area contributed by atoms with Gasteiger partial charge in [-0.05, 0) is 55.7 Å². The number of amides is 1. The van der Waals surface area contributed by atoms with Crippen LogP contribution in [0.5, 0.6) is 0 Å². The van der Waals surface area contributed by atoms with E-state index in [9.17, 15) is 9.90 Å². The van der Waals surface area contributed by atoms with Crippen LogP contribution in [0.1, 0.15) is 47.5 Å². The lowest BCUT2D eigenvalue weighted by atomic mass is 9.71. The Morgan fingerprint density at radius 1 is 1.26 bits per heavy atom. The summed E-state index contributed by atoms with van der Waals surface area (Å²) in [6, 6.07) is 0. The van der Waals surface area contributed by atoms with Gasteiger partial charge in [-0.1, -0.05) is 49.8 Å². The minimum atomic E-state index is -0.437. The molecule has 1 amide bonds. The van der Waals surface area contributed by atoms with Crippen molar-refractivity contribution in [2.75, 3.05) is 0 Å². The maximum absolute atomic E-state index is 10.8. The number of carbonyl (C=O) groups excluding carboxylic acids is 1. The van der Waals surface area contributed by atoms with Gasteiger partial charge in [-0.3, -0.25) is 4.79 Å².